The molecule has 0 aliphatic carbocycles. The maximum atomic E-state index is 12.5. The molecule has 2 amide bonds. The van der Waals surface area contributed by atoms with Crippen LogP contribution < -0.4 is 10.4 Å². The van der Waals surface area contributed by atoms with Gasteiger partial charge in [0.2, 0.25) is 0 Å². The van der Waals surface area contributed by atoms with Gasteiger partial charge in [-0.3, -0.25) is 19.3 Å². The number of aliphatic carboxylic acids is 1. The number of carbonyl (C=O) groups is 4. The van der Waals surface area contributed by atoms with Crippen LogP contribution in [-0.2, 0) is 19.1 Å². The quantitative estimate of drug-likeness (QED) is 0.497. The Balaban J connectivity index is 1.74. The third-order valence-electron chi connectivity index (χ3n) is 4.25. The minimum atomic E-state index is -1.54. The maximum Gasteiger partial charge on any atom is 0.302 e. The van der Waals surface area contributed by atoms with Crippen molar-refractivity contribution >= 4 is 35.5 Å². The van der Waals surface area contributed by atoms with Gasteiger partial charge in [0.25, 0.3) is 11.8 Å². The van der Waals surface area contributed by atoms with Crippen molar-refractivity contribution in [1.82, 2.24) is 10.2 Å². The van der Waals surface area contributed by atoms with E-state index in [0.29, 0.717) is 5.56 Å². The van der Waals surface area contributed by atoms with E-state index in [1.54, 1.807) is 0 Å². The lowest BCUT2D eigenvalue weighted by Gasteiger charge is -2.50. The second kappa shape index (κ2) is 7.74. The van der Waals surface area contributed by atoms with Crippen molar-refractivity contribution in [3.8, 4) is 6.07 Å². The van der Waals surface area contributed by atoms with E-state index in [2.05, 4.69) is 5.32 Å². The number of carbonyl (C=O) groups excluding carboxylic acids is 4. The molecule has 3 rings (SSSR count). The summed E-state index contributed by atoms with van der Waals surface area (Å²) < 4.78 is 4.84. The first-order valence-electron chi connectivity index (χ1n) is 8.16. The van der Waals surface area contributed by atoms with Gasteiger partial charge in [-0.15, -0.1) is 11.8 Å². The number of amides is 2. The Hall–Kier alpha value is -3.32. The van der Waals surface area contributed by atoms with E-state index in [-0.39, 0.29) is 29.2 Å². The van der Waals surface area contributed by atoms with Gasteiger partial charge < -0.3 is 20.0 Å². The topological polar surface area (TPSA) is 140 Å². The number of esters is 1. The van der Waals surface area contributed by atoms with E-state index in [9.17, 15) is 24.3 Å². The Bertz CT molecular complexity index is 934. The van der Waals surface area contributed by atoms with Crippen molar-refractivity contribution in [3.05, 3.63) is 46.7 Å². The lowest BCUT2D eigenvalue weighted by molar-refractivity contribution is -0.301. The molecule has 0 bridgehead atoms. The summed E-state index contributed by atoms with van der Waals surface area (Å²) in [5.74, 6) is -2.99. The lowest BCUT2D eigenvalue weighted by Crippen LogP contribution is -2.71. The minimum Gasteiger partial charge on any atom is -0.543 e. The van der Waals surface area contributed by atoms with E-state index in [1.807, 2.05) is 6.07 Å². The first kappa shape index (κ1) is 19.4. The van der Waals surface area contributed by atoms with Crippen LogP contribution in [0.2, 0.25) is 0 Å². The van der Waals surface area contributed by atoms with Crippen LogP contribution in [0.4, 0.5) is 0 Å². The molecule has 1 aromatic rings. The van der Waals surface area contributed by atoms with E-state index in [0.717, 1.165) is 4.90 Å². The Morgan fingerprint density at radius 3 is 2.61 bits per heavy atom. The highest BCUT2D eigenvalue weighted by molar-refractivity contribution is 8.00. The molecule has 2 heterocycles. The molecule has 1 aromatic carbocycles. The number of thioether (sulfide) groups is 1. The number of nitriles is 1. The molecule has 2 atom stereocenters. The van der Waals surface area contributed by atoms with Crippen LogP contribution in [0.25, 0.3) is 0 Å². The highest BCUT2D eigenvalue weighted by Crippen LogP contribution is 2.40. The summed E-state index contributed by atoms with van der Waals surface area (Å²) in [6.07, 6.45) is 0. The van der Waals surface area contributed by atoms with E-state index in [4.69, 9.17) is 10.00 Å². The molecule has 0 aromatic heterocycles. The van der Waals surface area contributed by atoms with E-state index >= 15 is 0 Å². The Labute approximate surface area is 163 Å². The van der Waals surface area contributed by atoms with Gasteiger partial charge in [0.15, 0.2) is 0 Å². The number of carboxylic acid groups (broad SMARTS) is 1. The number of rotatable bonds is 5. The number of benzene rings is 1. The number of fused-ring (bicyclic) bond motifs is 1. The minimum absolute atomic E-state index is 0.217. The van der Waals surface area contributed by atoms with Crippen LogP contribution in [0.15, 0.2) is 35.5 Å². The zero-order valence-corrected chi connectivity index (χ0v) is 15.4. The fourth-order valence-electron chi connectivity index (χ4n) is 2.89. The Kier molecular flexibility index (Phi) is 5.37. The number of carboxylic acids is 1. The van der Waals surface area contributed by atoms with E-state index in [1.165, 1.54) is 43.0 Å². The summed E-state index contributed by atoms with van der Waals surface area (Å²) in [6, 6.07) is 6.95. The van der Waals surface area contributed by atoms with Gasteiger partial charge in [-0.25, -0.2) is 0 Å². The van der Waals surface area contributed by atoms with Gasteiger partial charge in [0.05, 0.1) is 23.3 Å². The predicted molar refractivity (Wildman–Crippen MR) is 94.2 cm³/mol. The molecule has 1 fully saturated rings. The first-order chi connectivity index (χ1) is 13.3. The molecule has 1 saturated heterocycles. The molecule has 0 spiro atoms. The molecule has 0 unspecified atom stereocenters. The average molecular weight is 400 g/mol. The molecule has 28 heavy (non-hydrogen) atoms. The number of nitrogens with zero attached hydrogens (tertiary/aromatic N) is 2. The van der Waals surface area contributed by atoms with Crippen molar-refractivity contribution in [2.75, 3.05) is 12.4 Å². The fourth-order valence-corrected chi connectivity index (χ4v) is 4.22. The van der Waals surface area contributed by atoms with Gasteiger partial charge in [-0.1, -0.05) is 0 Å². The molecule has 0 saturated carbocycles. The van der Waals surface area contributed by atoms with Crippen molar-refractivity contribution in [2.45, 2.75) is 18.3 Å². The van der Waals surface area contributed by atoms with Gasteiger partial charge >= 0.3 is 5.97 Å². The van der Waals surface area contributed by atoms with Crippen molar-refractivity contribution in [1.29, 1.82) is 5.26 Å². The summed E-state index contributed by atoms with van der Waals surface area (Å²) in [7, 11) is 0. The summed E-state index contributed by atoms with van der Waals surface area (Å²) >= 11 is 1.26. The summed E-state index contributed by atoms with van der Waals surface area (Å²) in [6.45, 7) is 0.950. The van der Waals surface area contributed by atoms with Gasteiger partial charge in [0.1, 0.15) is 18.0 Å². The highest BCUT2D eigenvalue weighted by Gasteiger charge is 2.52. The Morgan fingerprint density at radius 1 is 1.36 bits per heavy atom. The Morgan fingerprint density at radius 2 is 2.04 bits per heavy atom. The molecule has 144 valence electrons. The molecular weight excluding hydrogens is 386 g/mol. The maximum absolute atomic E-state index is 12.5. The van der Waals surface area contributed by atoms with E-state index < -0.39 is 35.2 Å². The fraction of sp³-hybridized carbons (Fsp3) is 0.278. The summed E-state index contributed by atoms with van der Waals surface area (Å²) in [5, 5.41) is 22.3. The zero-order valence-electron chi connectivity index (χ0n) is 14.6. The number of ether oxygens (including phenoxy) is 1. The molecule has 2 aliphatic heterocycles. The molecule has 0 radical (unpaired) electrons. The van der Waals surface area contributed by atoms with Crippen LogP contribution in [-0.4, -0.2) is 52.4 Å². The molecular formula is C18H14N3O6S-. The summed E-state index contributed by atoms with van der Waals surface area (Å²) in [5.41, 5.74) is 0.618. The van der Waals surface area contributed by atoms with Crippen molar-refractivity contribution in [3.63, 3.8) is 0 Å². The second-order valence-electron chi connectivity index (χ2n) is 6.07. The molecule has 1 N–H and O–H groups in total. The number of hydrogen-bond donors (Lipinski definition) is 1. The van der Waals surface area contributed by atoms with Crippen molar-refractivity contribution < 1.29 is 29.0 Å². The van der Waals surface area contributed by atoms with Crippen LogP contribution in [0.1, 0.15) is 22.8 Å². The smallest absolute Gasteiger partial charge is 0.302 e. The zero-order chi connectivity index (χ0) is 20.4. The van der Waals surface area contributed by atoms with Gasteiger partial charge in [-0.2, -0.15) is 5.26 Å². The lowest BCUT2D eigenvalue weighted by atomic mass is 10.0. The standard InChI is InChI=1S/C18H15N3O6S/c1-9(22)27-7-12-8-28-17-13(16(24)21(17)14(12)18(25)26)20-15(23)11-4-2-10(6-19)3-5-11/h2-5,13,17H,7-8H2,1H3,(H,20,23)(H,25,26)/p-1/t13-,17-/m0/s1. The monoisotopic (exact) mass is 400 g/mol. The van der Waals surface area contributed by atoms with Gasteiger partial charge in [0, 0.05) is 23.8 Å². The number of hydrogen-bond acceptors (Lipinski definition) is 8. The number of β-lactam (4-membered cyclic amide) rings is 1. The van der Waals surface area contributed by atoms with Crippen LogP contribution in [0.5, 0.6) is 0 Å². The highest BCUT2D eigenvalue weighted by atomic mass is 32.2. The van der Waals surface area contributed by atoms with Crippen molar-refractivity contribution in [2.24, 2.45) is 0 Å². The summed E-state index contributed by atoms with van der Waals surface area (Å²) in [4.78, 5) is 48.4. The first-order valence-corrected chi connectivity index (χ1v) is 9.20. The van der Waals surface area contributed by atoms with Crippen LogP contribution in [0.3, 0.4) is 0 Å². The SMILES string of the molecule is CC(=O)OCC1=C(C(=O)[O-])N2C(=O)[C@H](NC(=O)c3ccc(C#N)cc3)[C@@H]2SC1. The predicted octanol–water partition coefficient (Wildman–Crippen LogP) is -0.861. The van der Waals surface area contributed by atoms with Crippen LogP contribution >= 0.6 is 11.8 Å². The van der Waals surface area contributed by atoms with Crippen LogP contribution in [0, 0.1) is 11.3 Å². The second-order valence-corrected chi connectivity index (χ2v) is 7.17. The third kappa shape index (κ3) is 3.57. The normalized spacial score (nSPS) is 20.6. The molecule has 2 aliphatic rings. The largest absolute Gasteiger partial charge is 0.543 e. The molecule has 10 heteroatoms. The van der Waals surface area contributed by atoms with Gasteiger partial charge in [-0.05, 0) is 24.3 Å². The third-order valence-corrected chi connectivity index (χ3v) is 5.59. The average Bonchev–Trinajstić information content (AvgIpc) is 2.69. The molecule has 9 nitrogen and oxygen atoms in total. The number of nitrogens with one attached hydrogen (secondary N) is 1.